The number of thiophene rings is 1. The van der Waals surface area contributed by atoms with E-state index < -0.39 is 5.97 Å². The third kappa shape index (κ3) is 3.82. The van der Waals surface area contributed by atoms with Gasteiger partial charge in [0.1, 0.15) is 29.3 Å². The van der Waals surface area contributed by atoms with Crippen LogP contribution in [0.3, 0.4) is 0 Å². The van der Waals surface area contributed by atoms with Crippen molar-refractivity contribution in [2.24, 2.45) is 0 Å². The zero-order chi connectivity index (χ0) is 19.5. The highest BCUT2D eigenvalue weighted by Crippen LogP contribution is 2.33. The Morgan fingerprint density at radius 3 is 2.79 bits per heavy atom. The molecule has 28 heavy (non-hydrogen) atoms. The summed E-state index contributed by atoms with van der Waals surface area (Å²) in [6.45, 7) is -0.403. The van der Waals surface area contributed by atoms with Crippen molar-refractivity contribution in [3.8, 4) is 5.75 Å². The molecule has 7 nitrogen and oxygen atoms in total. The molecule has 2 aromatic heterocycles. The lowest BCUT2D eigenvalue weighted by molar-refractivity contribution is -0.147. The van der Waals surface area contributed by atoms with E-state index in [4.69, 9.17) is 9.47 Å². The van der Waals surface area contributed by atoms with Crippen LogP contribution in [0.4, 0.5) is 0 Å². The van der Waals surface area contributed by atoms with Crippen molar-refractivity contribution >= 4 is 33.8 Å². The minimum absolute atomic E-state index is 0.125. The lowest BCUT2D eigenvalue weighted by Crippen LogP contribution is -2.18. The molecule has 8 heteroatoms. The second-order valence-electron chi connectivity index (χ2n) is 6.54. The maximum atomic E-state index is 12.5. The highest BCUT2D eigenvalue weighted by atomic mass is 32.1. The number of benzene rings is 1. The molecule has 0 spiro atoms. The highest BCUT2D eigenvalue weighted by Gasteiger charge is 2.20. The van der Waals surface area contributed by atoms with Gasteiger partial charge in [-0.2, -0.15) is 0 Å². The number of aromatic nitrogens is 2. The van der Waals surface area contributed by atoms with Crippen LogP contribution in [0.5, 0.6) is 5.75 Å². The quantitative estimate of drug-likeness (QED) is 0.506. The summed E-state index contributed by atoms with van der Waals surface area (Å²) in [5, 5.41) is 0.678. The molecular formula is C20H18N2O5S. The third-order valence-electron chi connectivity index (χ3n) is 4.62. The van der Waals surface area contributed by atoms with Crippen LogP contribution < -0.4 is 10.3 Å². The SMILES string of the molecule is O=Cc1ccc(OCC(=O)OCc2nc3sc4c(c3c(=O)[nH]2)CCCC4)cc1. The lowest BCUT2D eigenvalue weighted by atomic mass is 9.97. The number of rotatable bonds is 6. The number of H-pyrrole nitrogens is 1. The highest BCUT2D eigenvalue weighted by molar-refractivity contribution is 7.18. The smallest absolute Gasteiger partial charge is 0.344 e. The molecule has 3 aromatic rings. The number of aldehydes is 1. The number of aromatic amines is 1. The number of nitrogens with zero attached hydrogens (tertiary/aromatic N) is 1. The van der Waals surface area contributed by atoms with Crippen LogP contribution in [-0.4, -0.2) is 28.8 Å². The number of nitrogens with one attached hydrogen (secondary N) is 1. The number of esters is 1. The minimum Gasteiger partial charge on any atom is -0.482 e. The predicted molar refractivity (Wildman–Crippen MR) is 104 cm³/mol. The van der Waals surface area contributed by atoms with Crippen molar-refractivity contribution in [1.29, 1.82) is 0 Å². The van der Waals surface area contributed by atoms with E-state index in [2.05, 4.69) is 9.97 Å². The molecule has 1 N–H and O–H groups in total. The van der Waals surface area contributed by atoms with Crippen LogP contribution in [0.15, 0.2) is 29.1 Å². The van der Waals surface area contributed by atoms with E-state index in [1.165, 1.54) is 4.88 Å². The zero-order valence-electron chi connectivity index (χ0n) is 15.0. The number of carbonyl (C=O) groups is 2. The van der Waals surface area contributed by atoms with Gasteiger partial charge in [0.2, 0.25) is 0 Å². The first-order valence-electron chi connectivity index (χ1n) is 9.01. The Balaban J connectivity index is 1.38. The van der Waals surface area contributed by atoms with E-state index in [1.807, 2.05) is 0 Å². The van der Waals surface area contributed by atoms with Crippen molar-refractivity contribution in [3.63, 3.8) is 0 Å². The molecule has 0 amide bonds. The Labute approximate surface area is 164 Å². The van der Waals surface area contributed by atoms with Crippen LogP contribution in [0, 0.1) is 0 Å². The van der Waals surface area contributed by atoms with Crippen LogP contribution >= 0.6 is 11.3 Å². The first-order valence-corrected chi connectivity index (χ1v) is 9.83. The Bertz CT molecular complexity index is 1080. The third-order valence-corrected chi connectivity index (χ3v) is 5.80. The van der Waals surface area contributed by atoms with E-state index >= 15 is 0 Å². The molecule has 144 valence electrons. The molecule has 1 aliphatic rings. The molecule has 4 rings (SSSR count). The molecule has 0 bridgehead atoms. The van der Waals surface area contributed by atoms with Gasteiger partial charge in [-0.15, -0.1) is 11.3 Å². The van der Waals surface area contributed by atoms with E-state index in [0.717, 1.165) is 37.5 Å². The lowest BCUT2D eigenvalue weighted by Gasteiger charge is -2.09. The Morgan fingerprint density at radius 1 is 1.21 bits per heavy atom. The summed E-state index contributed by atoms with van der Waals surface area (Å²) in [5.74, 6) is 0.201. The monoisotopic (exact) mass is 398 g/mol. The van der Waals surface area contributed by atoms with E-state index in [0.29, 0.717) is 27.4 Å². The maximum Gasteiger partial charge on any atom is 0.344 e. The van der Waals surface area contributed by atoms with Crippen molar-refractivity contribution in [2.45, 2.75) is 32.3 Å². The van der Waals surface area contributed by atoms with Gasteiger partial charge in [0, 0.05) is 10.4 Å². The van der Waals surface area contributed by atoms with Gasteiger partial charge in [0.05, 0.1) is 5.39 Å². The van der Waals surface area contributed by atoms with Gasteiger partial charge in [-0.05, 0) is 55.5 Å². The van der Waals surface area contributed by atoms with Gasteiger partial charge in [-0.25, -0.2) is 9.78 Å². The molecular weight excluding hydrogens is 380 g/mol. The molecule has 1 aliphatic carbocycles. The second-order valence-corrected chi connectivity index (χ2v) is 7.62. The molecule has 0 saturated carbocycles. The topological polar surface area (TPSA) is 98.3 Å². The summed E-state index contributed by atoms with van der Waals surface area (Å²) in [4.78, 5) is 44.1. The average Bonchev–Trinajstić information content (AvgIpc) is 3.10. The summed E-state index contributed by atoms with van der Waals surface area (Å²) < 4.78 is 10.5. The Hall–Kier alpha value is -3.00. The predicted octanol–water partition coefficient (Wildman–Crippen LogP) is 2.80. The van der Waals surface area contributed by atoms with Gasteiger partial charge >= 0.3 is 5.97 Å². The van der Waals surface area contributed by atoms with Crippen LogP contribution in [0.25, 0.3) is 10.2 Å². The standard InChI is InChI=1S/C20H18N2O5S/c23-9-12-5-7-13(8-6-12)26-11-17(24)27-10-16-21-19(25)18-14-3-1-2-4-15(14)28-20(18)22-16/h5-9H,1-4,10-11H2,(H,21,22,25). The molecule has 0 aliphatic heterocycles. The molecule has 0 atom stereocenters. The summed E-state index contributed by atoms with van der Waals surface area (Å²) in [6, 6.07) is 6.39. The number of ether oxygens (including phenoxy) is 2. The summed E-state index contributed by atoms with van der Waals surface area (Å²) in [7, 11) is 0. The number of carbonyl (C=O) groups excluding carboxylic acids is 2. The van der Waals surface area contributed by atoms with Crippen molar-refractivity contribution in [2.75, 3.05) is 6.61 Å². The first-order chi connectivity index (χ1) is 13.6. The average molecular weight is 398 g/mol. The first kappa shape index (κ1) is 18.4. The largest absolute Gasteiger partial charge is 0.482 e. The van der Waals surface area contributed by atoms with Gasteiger partial charge in [0.15, 0.2) is 6.61 Å². The molecule has 0 radical (unpaired) electrons. The summed E-state index contributed by atoms with van der Waals surface area (Å²) in [6.07, 6.45) is 4.87. The number of hydrogen-bond acceptors (Lipinski definition) is 7. The minimum atomic E-state index is -0.576. The molecule has 0 fully saturated rings. The molecule has 0 unspecified atom stereocenters. The second kappa shape index (κ2) is 7.93. The maximum absolute atomic E-state index is 12.5. The fourth-order valence-corrected chi connectivity index (χ4v) is 4.53. The zero-order valence-corrected chi connectivity index (χ0v) is 15.8. The summed E-state index contributed by atoms with van der Waals surface area (Å²) in [5.41, 5.74) is 1.47. The van der Waals surface area contributed by atoms with Crippen molar-refractivity contribution in [1.82, 2.24) is 9.97 Å². The Kier molecular flexibility index (Phi) is 5.21. The van der Waals surface area contributed by atoms with E-state index in [1.54, 1.807) is 35.6 Å². The van der Waals surface area contributed by atoms with Gasteiger partial charge in [0.25, 0.3) is 5.56 Å². The Morgan fingerprint density at radius 2 is 2.00 bits per heavy atom. The van der Waals surface area contributed by atoms with Gasteiger partial charge < -0.3 is 14.5 Å². The number of aryl methyl sites for hydroxylation is 2. The molecule has 0 saturated heterocycles. The fourth-order valence-electron chi connectivity index (χ4n) is 3.25. The van der Waals surface area contributed by atoms with Crippen molar-refractivity contribution < 1.29 is 19.1 Å². The van der Waals surface area contributed by atoms with Gasteiger partial charge in [-0.3, -0.25) is 9.59 Å². The van der Waals surface area contributed by atoms with Crippen molar-refractivity contribution in [3.05, 3.63) is 56.4 Å². The number of fused-ring (bicyclic) bond motifs is 3. The van der Waals surface area contributed by atoms with E-state index in [-0.39, 0.29) is 18.8 Å². The summed E-state index contributed by atoms with van der Waals surface area (Å²) >= 11 is 1.55. The normalized spacial score (nSPS) is 13.1. The van der Waals surface area contributed by atoms with E-state index in [9.17, 15) is 14.4 Å². The van der Waals surface area contributed by atoms with Crippen LogP contribution in [0.2, 0.25) is 0 Å². The van der Waals surface area contributed by atoms with Crippen LogP contribution in [-0.2, 0) is 29.0 Å². The fraction of sp³-hybridized carbons (Fsp3) is 0.300. The molecule has 2 heterocycles. The number of hydrogen-bond donors (Lipinski definition) is 1. The van der Waals surface area contributed by atoms with Crippen LogP contribution in [0.1, 0.15) is 39.5 Å². The van der Waals surface area contributed by atoms with Gasteiger partial charge in [-0.1, -0.05) is 0 Å². The molecule has 1 aromatic carbocycles.